The number of anilines is 1. The van der Waals surface area contributed by atoms with Gasteiger partial charge in [-0.15, -0.1) is 0 Å². The highest BCUT2D eigenvalue weighted by molar-refractivity contribution is 7.92. The molecule has 0 aliphatic carbocycles. The van der Waals surface area contributed by atoms with Gasteiger partial charge in [-0.2, -0.15) is 8.42 Å². The summed E-state index contributed by atoms with van der Waals surface area (Å²) in [6, 6.07) is 3.55. The third kappa shape index (κ3) is 3.19. The van der Waals surface area contributed by atoms with E-state index in [1.54, 1.807) is 0 Å². The van der Waals surface area contributed by atoms with Crippen molar-refractivity contribution in [2.24, 2.45) is 5.73 Å². The average molecular weight is 311 g/mol. The summed E-state index contributed by atoms with van der Waals surface area (Å²) in [5.41, 5.74) is 5.18. The quantitative estimate of drug-likeness (QED) is 0.489. The molecule has 0 radical (unpaired) electrons. The van der Waals surface area contributed by atoms with E-state index < -0.39 is 15.8 Å². The van der Waals surface area contributed by atoms with E-state index in [2.05, 4.69) is 14.7 Å². The number of nitrogens with one attached hydrogen (secondary N) is 3. The minimum atomic E-state index is -3.95. The Bertz CT molecular complexity index is 785. The van der Waals surface area contributed by atoms with Crippen LogP contribution in [0, 0.1) is 11.2 Å². The lowest BCUT2D eigenvalue weighted by atomic mass is 10.2. The molecule has 9 heteroatoms. The molecule has 112 valence electrons. The average Bonchev–Trinajstić information content (AvgIpc) is 2.90. The molecule has 2 aromatic rings. The van der Waals surface area contributed by atoms with Gasteiger partial charge in [0.05, 0.1) is 11.9 Å². The van der Waals surface area contributed by atoms with E-state index in [9.17, 15) is 12.8 Å². The highest BCUT2D eigenvalue weighted by atomic mass is 32.2. The molecule has 1 aromatic heterocycles. The van der Waals surface area contributed by atoms with Crippen LogP contribution in [0.3, 0.4) is 0 Å². The third-order valence-corrected chi connectivity index (χ3v) is 4.03. The first-order valence-corrected chi connectivity index (χ1v) is 7.52. The van der Waals surface area contributed by atoms with Gasteiger partial charge in [-0.3, -0.25) is 10.1 Å². The van der Waals surface area contributed by atoms with Crippen molar-refractivity contribution in [1.82, 2.24) is 9.97 Å². The Morgan fingerprint density at radius 2 is 2.24 bits per heavy atom. The smallest absolute Gasteiger partial charge is 0.279 e. The zero-order valence-electron chi connectivity index (χ0n) is 11.1. The summed E-state index contributed by atoms with van der Waals surface area (Å²) >= 11 is 0. The zero-order valence-corrected chi connectivity index (χ0v) is 12.0. The van der Waals surface area contributed by atoms with Gasteiger partial charge in [-0.25, -0.2) is 9.37 Å². The second-order valence-corrected chi connectivity index (χ2v) is 5.91. The molecule has 7 nitrogen and oxygen atoms in total. The number of imidazole rings is 1. The van der Waals surface area contributed by atoms with Crippen molar-refractivity contribution in [3.63, 3.8) is 0 Å². The topological polar surface area (TPSA) is 125 Å². The maximum absolute atomic E-state index is 13.8. The zero-order chi connectivity index (χ0) is 15.6. The number of sulfonamides is 1. The van der Waals surface area contributed by atoms with Crippen molar-refractivity contribution in [1.29, 1.82) is 5.41 Å². The lowest BCUT2D eigenvalue weighted by molar-refractivity contribution is 0.595. The van der Waals surface area contributed by atoms with E-state index in [1.807, 2.05) is 6.92 Å². The van der Waals surface area contributed by atoms with Gasteiger partial charge >= 0.3 is 0 Å². The van der Waals surface area contributed by atoms with Gasteiger partial charge in [0.2, 0.25) is 0 Å². The van der Waals surface area contributed by atoms with Gasteiger partial charge in [0.1, 0.15) is 17.5 Å². The molecule has 0 spiro atoms. The molecule has 0 unspecified atom stereocenters. The van der Waals surface area contributed by atoms with Crippen LogP contribution in [0.4, 0.5) is 10.1 Å². The number of nitrogens with zero attached hydrogens (tertiary/aromatic N) is 1. The SMILES string of the molecule is CCc1ncc(S(=O)(=O)Nc2ccc(C(=N)N)cc2F)[nH]1. The van der Waals surface area contributed by atoms with E-state index in [0.29, 0.717) is 12.2 Å². The molecule has 0 amide bonds. The Kier molecular flexibility index (Phi) is 3.94. The molecule has 0 saturated carbocycles. The van der Waals surface area contributed by atoms with Crippen molar-refractivity contribution in [3.8, 4) is 0 Å². The van der Waals surface area contributed by atoms with E-state index in [1.165, 1.54) is 18.3 Å². The van der Waals surface area contributed by atoms with Gasteiger partial charge in [-0.1, -0.05) is 6.92 Å². The lowest BCUT2D eigenvalue weighted by Crippen LogP contribution is -2.16. The summed E-state index contributed by atoms with van der Waals surface area (Å²) in [7, 11) is -3.95. The molecule has 0 bridgehead atoms. The van der Waals surface area contributed by atoms with Crippen molar-refractivity contribution >= 4 is 21.5 Å². The minimum Gasteiger partial charge on any atom is -0.384 e. The van der Waals surface area contributed by atoms with Crippen molar-refractivity contribution in [2.75, 3.05) is 4.72 Å². The maximum atomic E-state index is 13.8. The molecule has 21 heavy (non-hydrogen) atoms. The standard InChI is InChI=1S/C12H14FN5O2S/c1-2-10-16-6-11(17-10)21(19,20)18-9-4-3-7(12(14)15)5-8(9)13/h3-6,18H,2H2,1H3,(H3,14,15)(H,16,17). The predicted molar refractivity (Wildman–Crippen MR) is 76.2 cm³/mol. The number of aromatic amines is 1. The van der Waals surface area contributed by atoms with Crippen LogP contribution < -0.4 is 10.5 Å². The number of amidine groups is 1. The summed E-state index contributed by atoms with van der Waals surface area (Å²) in [6.45, 7) is 1.82. The first kappa shape index (κ1) is 15.0. The summed E-state index contributed by atoms with van der Waals surface area (Å²) in [5.74, 6) is -0.603. The van der Waals surface area contributed by atoms with Gasteiger partial charge < -0.3 is 10.7 Å². The van der Waals surface area contributed by atoms with Gasteiger partial charge in [0.25, 0.3) is 10.0 Å². The van der Waals surface area contributed by atoms with Gasteiger partial charge in [0, 0.05) is 12.0 Å². The van der Waals surface area contributed by atoms with Crippen molar-refractivity contribution < 1.29 is 12.8 Å². The molecule has 0 saturated heterocycles. The molecule has 2 rings (SSSR count). The molecule has 0 aliphatic rings. The van der Waals surface area contributed by atoms with Gasteiger partial charge in [-0.05, 0) is 18.2 Å². The monoisotopic (exact) mass is 311 g/mol. The summed E-state index contributed by atoms with van der Waals surface area (Å²) in [6.07, 6.45) is 1.72. The number of benzene rings is 1. The highest BCUT2D eigenvalue weighted by Crippen LogP contribution is 2.19. The Morgan fingerprint density at radius 3 is 2.76 bits per heavy atom. The van der Waals surface area contributed by atoms with Crippen LogP contribution in [-0.2, 0) is 16.4 Å². The Labute approximate surface area is 121 Å². The van der Waals surface area contributed by atoms with Crippen LogP contribution in [0.15, 0.2) is 29.4 Å². The first-order chi connectivity index (χ1) is 9.83. The van der Waals surface area contributed by atoms with Crippen molar-refractivity contribution in [3.05, 3.63) is 41.6 Å². The Morgan fingerprint density at radius 1 is 1.52 bits per heavy atom. The molecule has 0 aliphatic heterocycles. The number of hydrogen-bond acceptors (Lipinski definition) is 4. The van der Waals surface area contributed by atoms with Crippen LogP contribution in [0.2, 0.25) is 0 Å². The van der Waals surface area contributed by atoms with Gasteiger partial charge in [0.15, 0.2) is 5.03 Å². The number of aromatic nitrogens is 2. The number of aryl methyl sites for hydroxylation is 1. The van der Waals surface area contributed by atoms with Crippen LogP contribution in [-0.4, -0.2) is 24.2 Å². The predicted octanol–water partition coefficient (Wildman–Crippen LogP) is 1.20. The Hall–Kier alpha value is -2.42. The minimum absolute atomic E-state index is 0.144. The van der Waals surface area contributed by atoms with Crippen molar-refractivity contribution in [2.45, 2.75) is 18.4 Å². The number of H-pyrrole nitrogens is 1. The summed E-state index contributed by atoms with van der Waals surface area (Å²) < 4.78 is 40.1. The fraction of sp³-hybridized carbons (Fsp3) is 0.167. The van der Waals surface area contributed by atoms with E-state index >= 15 is 0 Å². The van der Waals surface area contributed by atoms with E-state index in [0.717, 1.165) is 6.07 Å². The van der Waals surface area contributed by atoms with Crippen LogP contribution in [0.5, 0.6) is 0 Å². The first-order valence-electron chi connectivity index (χ1n) is 6.04. The van der Waals surface area contributed by atoms with Crippen LogP contribution in [0.1, 0.15) is 18.3 Å². The molecule has 1 aromatic carbocycles. The normalized spacial score (nSPS) is 11.3. The van der Waals surface area contributed by atoms with Crippen LogP contribution in [0.25, 0.3) is 0 Å². The fourth-order valence-corrected chi connectivity index (χ4v) is 2.63. The van der Waals surface area contributed by atoms with Crippen LogP contribution >= 0.6 is 0 Å². The second kappa shape index (κ2) is 5.52. The molecular formula is C12H14FN5O2S. The number of rotatable bonds is 5. The molecule has 0 atom stereocenters. The summed E-state index contributed by atoms with van der Waals surface area (Å²) in [5, 5.41) is 7.06. The molecular weight excluding hydrogens is 297 g/mol. The highest BCUT2D eigenvalue weighted by Gasteiger charge is 2.19. The molecule has 5 N–H and O–H groups in total. The number of nitrogens with two attached hydrogens (primary N) is 1. The maximum Gasteiger partial charge on any atom is 0.279 e. The third-order valence-electron chi connectivity index (χ3n) is 2.75. The molecule has 1 heterocycles. The Balaban J connectivity index is 2.30. The number of nitrogen functional groups attached to an aromatic ring is 1. The van der Waals surface area contributed by atoms with E-state index in [4.69, 9.17) is 11.1 Å². The number of hydrogen-bond donors (Lipinski definition) is 4. The largest absolute Gasteiger partial charge is 0.384 e. The summed E-state index contributed by atoms with van der Waals surface area (Å²) in [4.78, 5) is 6.52. The molecule has 0 fully saturated rings. The fourth-order valence-electron chi connectivity index (χ4n) is 1.62. The second-order valence-electron chi connectivity index (χ2n) is 4.26. The number of halogens is 1. The van der Waals surface area contributed by atoms with E-state index in [-0.39, 0.29) is 22.1 Å². The lowest BCUT2D eigenvalue weighted by Gasteiger charge is -2.08.